The fraction of sp³-hybridized carbons (Fsp3) is 0.789. The van der Waals surface area contributed by atoms with Crippen molar-refractivity contribution in [1.29, 1.82) is 0 Å². The number of nitrogens with one attached hydrogen (secondary N) is 1. The molecule has 0 aromatic heterocycles. The normalized spacial score (nSPS) is 20.4. The molecule has 6 N–H and O–H groups in total. The Kier molecular flexibility index (Phi) is 42.4. The standard InChI is InChI=1S/C57H101NO10/c1-4-7-10-13-16-19-22-24-25-26-27-30-32-35-38-41-44-50(61)56(65)58-48(49(60)43-40-37-34-31-29-23-20-17-14-11-8-5-2)47-66-57-55(54(64)53(63)51(46-59)67-57)68-52(62)45-42-39-36-33-28-21-18-15-12-9-6-3/h15-16,18-19,24-25,27,30,40,43,48-51,53-55,57,59-61,63-64H,4-14,17,20-23,26,28-29,31-39,41-42,44-47H2,1-3H3,(H,58,65)/b18-15-,19-16-,25-24-,30-27-,43-40+. The van der Waals surface area contributed by atoms with Gasteiger partial charge in [0.05, 0.1) is 25.4 Å². The van der Waals surface area contributed by atoms with Gasteiger partial charge < -0.3 is 45.1 Å². The van der Waals surface area contributed by atoms with Gasteiger partial charge in [-0.05, 0) is 83.5 Å². The Morgan fingerprint density at radius 3 is 1.60 bits per heavy atom. The van der Waals surface area contributed by atoms with Crippen molar-refractivity contribution >= 4 is 11.9 Å². The number of allylic oxidation sites excluding steroid dienone is 9. The summed E-state index contributed by atoms with van der Waals surface area (Å²) in [6, 6.07) is -1.04. The highest BCUT2D eigenvalue weighted by molar-refractivity contribution is 5.80. The fourth-order valence-corrected chi connectivity index (χ4v) is 8.17. The molecule has 394 valence electrons. The predicted octanol–water partition coefficient (Wildman–Crippen LogP) is 11.9. The number of ether oxygens (including phenoxy) is 3. The van der Waals surface area contributed by atoms with E-state index in [0.29, 0.717) is 12.8 Å². The van der Waals surface area contributed by atoms with E-state index in [0.717, 1.165) is 96.3 Å². The Hall–Kier alpha value is -2.64. The van der Waals surface area contributed by atoms with Crippen LogP contribution in [0.3, 0.4) is 0 Å². The summed E-state index contributed by atoms with van der Waals surface area (Å²) in [6.45, 7) is 5.67. The van der Waals surface area contributed by atoms with Crippen molar-refractivity contribution in [2.24, 2.45) is 0 Å². The van der Waals surface area contributed by atoms with Crippen LogP contribution in [0.15, 0.2) is 60.8 Å². The number of rotatable bonds is 45. The Bertz CT molecular complexity index is 1330. The molecule has 0 saturated carbocycles. The smallest absolute Gasteiger partial charge is 0.306 e. The topological polar surface area (TPSA) is 175 Å². The zero-order valence-electron chi connectivity index (χ0n) is 43.2. The molecule has 0 bridgehead atoms. The second-order valence-corrected chi connectivity index (χ2v) is 19.0. The molecule has 0 aliphatic carbocycles. The molecule has 11 heteroatoms. The molecule has 1 aliphatic rings. The van der Waals surface area contributed by atoms with Gasteiger partial charge in [-0.1, -0.05) is 197 Å². The predicted molar refractivity (Wildman–Crippen MR) is 278 cm³/mol. The molecular weight excluding hydrogens is 859 g/mol. The van der Waals surface area contributed by atoms with Crippen LogP contribution >= 0.6 is 0 Å². The summed E-state index contributed by atoms with van der Waals surface area (Å²) in [4.78, 5) is 26.4. The first kappa shape index (κ1) is 63.4. The first-order valence-electron chi connectivity index (χ1n) is 27.6. The van der Waals surface area contributed by atoms with Gasteiger partial charge in [0.25, 0.3) is 0 Å². The van der Waals surface area contributed by atoms with Gasteiger partial charge in [-0.2, -0.15) is 0 Å². The Balaban J connectivity index is 2.78. The van der Waals surface area contributed by atoms with Gasteiger partial charge >= 0.3 is 5.97 Å². The van der Waals surface area contributed by atoms with Crippen molar-refractivity contribution in [3.05, 3.63) is 60.8 Å². The Labute approximate surface area is 414 Å². The Morgan fingerprint density at radius 1 is 0.574 bits per heavy atom. The van der Waals surface area contributed by atoms with E-state index in [1.807, 2.05) is 6.08 Å². The zero-order valence-corrected chi connectivity index (χ0v) is 43.2. The molecule has 1 saturated heterocycles. The molecular formula is C57H101NO10. The van der Waals surface area contributed by atoms with Crippen LogP contribution in [0.25, 0.3) is 0 Å². The molecule has 0 aromatic carbocycles. The lowest BCUT2D eigenvalue weighted by atomic mass is 9.99. The highest BCUT2D eigenvalue weighted by Gasteiger charge is 2.47. The van der Waals surface area contributed by atoms with Gasteiger partial charge in [-0.3, -0.25) is 9.59 Å². The zero-order chi connectivity index (χ0) is 49.7. The van der Waals surface area contributed by atoms with Gasteiger partial charge in [0, 0.05) is 6.42 Å². The first-order valence-corrected chi connectivity index (χ1v) is 27.6. The minimum Gasteiger partial charge on any atom is -0.454 e. The van der Waals surface area contributed by atoms with E-state index in [1.54, 1.807) is 6.08 Å². The maximum absolute atomic E-state index is 13.3. The second-order valence-electron chi connectivity index (χ2n) is 19.0. The Morgan fingerprint density at radius 2 is 1.03 bits per heavy atom. The van der Waals surface area contributed by atoms with Crippen LogP contribution in [0.1, 0.15) is 226 Å². The van der Waals surface area contributed by atoms with Crippen molar-refractivity contribution in [1.82, 2.24) is 5.32 Å². The fourth-order valence-electron chi connectivity index (χ4n) is 8.17. The molecule has 8 atom stereocenters. The molecule has 68 heavy (non-hydrogen) atoms. The molecule has 0 spiro atoms. The van der Waals surface area contributed by atoms with Crippen molar-refractivity contribution in [2.75, 3.05) is 13.2 Å². The largest absolute Gasteiger partial charge is 0.454 e. The average Bonchev–Trinajstić information content (AvgIpc) is 3.33. The highest BCUT2D eigenvalue weighted by Crippen LogP contribution is 2.26. The van der Waals surface area contributed by atoms with Gasteiger partial charge in [-0.25, -0.2) is 0 Å². The van der Waals surface area contributed by atoms with E-state index in [9.17, 15) is 35.1 Å². The van der Waals surface area contributed by atoms with Crippen LogP contribution < -0.4 is 5.32 Å². The number of amides is 1. The number of aliphatic hydroxyl groups is 5. The van der Waals surface area contributed by atoms with Crippen LogP contribution in [0.5, 0.6) is 0 Å². The molecule has 0 aromatic rings. The first-order chi connectivity index (χ1) is 33.2. The summed E-state index contributed by atoms with van der Waals surface area (Å²) in [6.07, 6.45) is 44.1. The lowest BCUT2D eigenvalue weighted by molar-refractivity contribution is -0.305. The molecule has 0 radical (unpaired) electrons. The van der Waals surface area contributed by atoms with Crippen molar-refractivity contribution in [3.63, 3.8) is 0 Å². The monoisotopic (exact) mass is 960 g/mol. The highest BCUT2D eigenvalue weighted by atomic mass is 16.7. The van der Waals surface area contributed by atoms with Gasteiger partial charge in [-0.15, -0.1) is 0 Å². The average molecular weight is 960 g/mol. The molecule has 1 fully saturated rings. The van der Waals surface area contributed by atoms with Crippen LogP contribution in [0.4, 0.5) is 0 Å². The number of unbranched alkanes of at least 4 members (excludes halogenated alkanes) is 23. The maximum atomic E-state index is 13.3. The number of carbonyl (C=O) groups excluding carboxylic acids is 2. The third kappa shape index (κ3) is 33.8. The number of hydrogen-bond acceptors (Lipinski definition) is 10. The lowest BCUT2D eigenvalue weighted by Crippen LogP contribution is -2.61. The van der Waals surface area contributed by atoms with Crippen LogP contribution in [-0.2, 0) is 23.8 Å². The summed E-state index contributed by atoms with van der Waals surface area (Å²) in [7, 11) is 0. The third-order valence-electron chi connectivity index (χ3n) is 12.6. The summed E-state index contributed by atoms with van der Waals surface area (Å²) < 4.78 is 17.5. The minimum absolute atomic E-state index is 0.109. The number of hydrogen-bond donors (Lipinski definition) is 6. The van der Waals surface area contributed by atoms with Crippen LogP contribution in [-0.4, -0.2) is 99.6 Å². The summed E-state index contributed by atoms with van der Waals surface area (Å²) in [5, 5.41) is 56.6. The van der Waals surface area contributed by atoms with E-state index in [4.69, 9.17) is 14.2 Å². The van der Waals surface area contributed by atoms with E-state index in [2.05, 4.69) is 74.7 Å². The van der Waals surface area contributed by atoms with Crippen molar-refractivity contribution < 1.29 is 49.3 Å². The summed E-state index contributed by atoms with van der Waals surface area (Å²) in [5.41, 5.74) is 0. The third-order valence-corrected chi connectivity index (χ3v) is 12.6. The van der Waals surface area contributed by atoms with E-state index in [-0.39, 0.29) is 19.4 Å². The molecule has 8 unspecified atom stereocenters. The van der Waals surface area contributed by atoms with Crippen molar-refractivity contribution in [3.8, 4) is 0 Å². The van der Waals surface area contributed by atoms with Crippen molar-refractivity contribution in [2.45, 2.75) is 275 Å². The van der Waals surface area contributed by atoms with E-state index in [1.165, 1.54) is 83.5 Å². The van der Waals surface area contributed by atoms with E-state index >= 15 is 0 Å². The maximum Gasteiger partial charge on any atom is 0.306 e. The van der Waals surface area contributed by atoms with Gasteiger partial charge in [0.15, 0.2) is 12.4 Å². The van der Waals surface area contributed by atoms with Gasteiger partial charge in [0.1, 0.15) is 24.4 Å². The number of carbonyl (C=O) groups is 2. The molecule has 11 nitrogen and oxygen atoms in total. The van der Waals surface area contributed by atoms with Crippen LogP contribution in [0, 0.1) is 0 Å². The van der Waals surface area contributed by atoms with Crippen LogP contribution in [0.2, 0.25) is 0 Å². The SMILES string of the molecule is CCCC/C=C\CCCCCCCC(=O)OC1C(OCC(NC(=O)C(O)CCCCC/C=C\C/C=C\C/C=C\CCCCC)C(O)/C=C/CCCCCCCCCCCC)OC(CO)C(O)C1O. The number of esters is 1. The summed E-state index contributed by atoms with van der Waals surface area (Å²) in [5.74, 6) is -1.23. The molecule has 1 aliphatic heterocycles. The second kappa shape index (κ2) is 45.5. The number of aliphatic hydroxyl groups excluding tert-OH is 5. The van der Waals surface area contributed by atoms with Gasteiger partial charge in [0.2, 0.25) is 5.91 Å². The molecule has 1 amide bonds. The quantitative estimate of drug-likeness (QED) is 0.0196. The van der Waals surface area contributed by atoms with E-state index < -0.39 is 67.4 Å². The molecule has 1 rings (SSSR count). The minimum atomic E-state index is -1.62. The summed E-state index contributed by atoms with van der Waals surface area (Å²) >= 11 is 0. The lowest BCUT2D eigenvalue weighted by Gasteiger charge is -2.41. The molecule has 1 heterocycles.